The Balaban J connectivity index is 1.99. The van der Waals surface area contributed by atoms with Gasteiger partial charge in [0, 0.05) is 16.3 Å². The maximum Gasteiger partial charge on any atom is 0.234 e. The van der Waals surface area contributed by atoms with Crippen LogP contribution in [0.5, 0.6) is 0 Å². The third-order valence-electron chi connectivity index (χ3n) is 3.00. The molecule has 2 aromatic rings. The smallest absolute Gasteiger partial charge is 0.234 e. The molecule has 0 atom stereocenters. The second-order valence-electron chi connectivity index (χ2n) is 4.84. The van der Waals surface area contributed by atoms with Crippen LogP contribution >= 0.6 is 11.8 Å². The summed E-state index contributed by atoms with van der Waals surface area (Å²) in [6.45, 7) is 3.79. The van der Waals surface area contributed by atoms with Gasteiger partial charge in [0.1, 0.15) is 5.82 Å². The van der Waals surface area contributed by atoms with Crippen LogP contribution < -0.4 is 11.1 Å². The molecule has 0 saturated heterocycles. The summed E-state index contributed by atoms with van der Waals surface area (Å²) in [5, 5.41) is 2.71. The Morgan fingerprint density at radius 2 is 2.00 bits per heavy atom. The average molecular weight is 304 g/mol. The van der Waals surface area contributed by atoms with Crippen LogP contribution in [0.2, 0.25) is 0 Å². The Bertz CT molecular complexity index is 673. The number of aryl methyl sites for hydroxylation is 2. The Hall–Kier alpha value is -2.01. The number of nitrogens with one attached hydrogen (secondary N) is 1. The largest absolute Gasteiger partial charge is 0.398 e. The van der Waals surface area contributed by atoms with Crippen LogP contribution in [-0.2, 0) is 4.79 Å². The van der Waals surface area contributed by atoms with Crippen molar-refractivity contribution in [2.24, 2.45) is 0 Å². The van der Waals surface area contributed by atoms with Crippen molar-refractivity contribution in [3.8, 4) is 0 Å². The minimum Gasteiger partial charge on any atom is -0.398 e. The molecule has 1 amide bonds. The number of anilines is 2. The molecule has 2 aromatic carbocycles. The van der Waals surface area contributed by atoms with Gasteiger partial charge in [-0.2, -0.15) is 0 Å². The molecule has 110 valence electrons. The van der Waals surface area contributed by atoms with Crippen molar-refractivity contribution in [3.63, 3.8) is 0 Å². The van der Waals surface area contributed by atoms with E-state index in [0.29, 0.717) is 11.4 Å². The highest BCUT2D eigenvalue weighted by Crippen LogP contribution is 2.26. The molecule has 0 fully saturated rings. The lowest BCUT2D eigenvalue weighted by atomic mass is 10.2. The average Bonchev–Trinajstić information content (AvgIpc) is 2.44. The topological polar surface area (TPSA) is 55.1 Å². The molecule has 3 N–H and O–H groups in total. The Kier molecular flexibility index (Phi) is 4.85. The molecule has 21 heavy (non-hydrogen) atoms. The molecule has 5 heteroatoms. The molecule has 0 radical (unpaired) electrons. The molecule has 0 aromatic heterocycles. The third-order valence-corrected chi connectivity index (χ3v) is 4.07. The fraction of sp³-hybridized carbons (Fsp3) is 0.188. The number of rotatable bonds is 4. The van der Waals surface area contributed by atoms with Crippen LogP contribution in [0.4, 0.5) is 15.8 Å². The first kappa shape index (κ1) is 15.4. The van der Waals surface area contributed by atoms with E-state index in [0.717, 1.165) is 16.0 Å². The Morgan fingerprint density at radius 1 is 1.24 bits per heavy atom. The number of carbonyl (C=O) groups is 1. The van der Waals surface area contributed by atoms with E-state index < -0.39 is 0 Å². The van der Waals surface area contributed by atoms with Crippen LogP contribution in [0, 0.1) is 19.7 Å². The van der Waals surface area contributed by atoms with Gasteiger partial charge in [-0.3, -0.25) is 4.79 Å². The quantitative estimate of drug-likeness (QED) is 0.668. The van der Waals surface area contributed by atoms with Crippen molar-refractivity contribution >= 4 is 29.0 Å². The van der Waals surface area contributed by atoms with Crippen LogP contribution in [0.3, 0.4) is 0 Å². The fourth-order valence-electron chi connectivity index (χ4n) is 1.83. The van der Waals surface area contributed by atoms with E-state index >= 15 is 0 Å². The molecule has 2 rings (SSSR count). The molecule has 0 unspecified atom stereocenters. The van der Waals surface area contributed by atoms with Crippen molar-refractivity contribution < 1.29 is 9.18 Å². The number of benzene rings is 2. The first-order valence-electron chi connectivity index (χ1n) is 6.50. The molecule has 0 bridgehead atoms. The normalized spacial score (nSPS) is 10.4. The highest BCUT2D eigenvalue weighted by atomic mass is 32.2. The molecule has 0 aliphatic rings. The minimum absolute atomic E-state index is 0.186. The van der Waals surface area contributed by atoms with Crippen molar-refractivity contribution in [1.29, 1.82) is 0 Å². The first-order valence-corrected chi connectivity index (χ1v) is 7.49. The standard InChI is InChI=1S/C16H17FN2OS/c1-10-3-6-13(18)15(7-10)21-9-16(20)19-14-8-12(17)5-4-11(14)2/h3-8H,9,18H2,1-2H3,(H,19,20). The minimum atomic E-state index is -0.369. The number of thioether (sulfide) groups is 1. The molecule has 0 aliphatic heterocycles. The predicted molar refractivity (Wildman–Crippen MR) is 86.1 cm³/mol. The van der Waals surface area contributed by atoms with Gasteiger partial charge < -0.3 is 11.1 Å². The van der Waals surface area contributed by atoms with Gasteiger partial charge in [0.15, 0.2) is 0 Å². The van der Waals surface area contributed by atoms with Crippen LogP contribution in [0.25, 0.3) is 0 Å². The lowest BCUT2D eigenvalue weighted by molar-refractivity contribution is -0.113. The van der Waals surface area contributed by atoms with Crippen LogP contribution in [-0.4, -0.2) is 11.7 Å². The molecule has 0 heterocycles. The zero-order valence-corrected chi connectivity index (χ0v) is 12.8. The summed E-state index contributed by atoms with van der Waals surface area (Å²) in [6.07, 6.45) is 0. The van der Waals surface area contributed by atoms with Crippen LogP contribution in [0.15, 0.2) is 41.3 Å². The van der Waals surface area contributed by atoms with E-state index in [1.165, 1.54) is 23.9 Å². The van der Waals surface area contributed by atoms with E-state index in [2.05, 4.69) is 5.32 Å². The van der Waals surface area contributed by atoms with Crippen LogP contribution in [0.1, 0.15) is 11.1 Å². The summed E-state index contributed by atoms with van der Waals surface area (Å²) >= 11 is 1.37. The number of hydrogen-bond acceptors (Lipinski definition) is 3. The number of nitrogen functional groups attached to an aromatic ring is 1. The van der Waals surface area contributed by atoms with Gasteiger partial charge in [-0.05, 0) is 49.2 Å². The highest BCUT2D eigenvalue weighted by molar-refractivity contribution is 8.00. The van der Waals surface area contributed by atoms with Crippen molar-refractivity contribution in [2.45, 2.75) is 18.7 Å². The van der Waals surface area contributed by atoms with Gasteiger partial charge in [-0.15, -0.1) is 11.8 Å². The van der Waals surface area contributed by atoms with Gasteiger partial charge >= 0.3 is 0 Å². The molecule has 0 spiro atoms. The summed E-state index contributed by atoms with van der Waals surface area (Å²) in [5.41, 5.74) is 8.94. The number of amides is 1. The molecule has 3 nitrogen and oxygen atoms in total. The van der Waals surface area contributed by atoms with Gasteiger partial charge in [0.25, 0.3) is 0 Å². The second-order valence-corrected chi connectivity index (χ2v) is 5.85. The van der Waals surface area contributed by atoms with E-state index in [9.17, 15) is 9.18 Å². The summed E-state index contributed by atoms with van der Waals surface area (Å²) in [6, 6.07) is 10.0. The Labute approximate surface area is 127 Å². The maximum absolute atomic E-state index is 13.2. The number of carbonyl (C=O) groups excluding carboxylic acids is 1. The summed E-state index contributed by atoms with van der Waals surface area (Å²) in [7, 11) is 0. The zero-order valence-electron chi connectivity index (χ0n) is 11.9. The zero-order chi connectivity index (χ0) is 15.4. The third kappa shape index (κ3) is 4.23. The predicted octanol–water partition coefficient (Wildman–Crippen LogP) is 3.76. The number of hydrogen-bond donors (Lipinski definition) is 2. The summed E-state index contributed by atoms with van der Waals surface area (Å²) in [4.78, 5) is 12.8. The van der Waals surface area contributed by atoms with E-state index in [4.69, 9.17) is 5.73 Å². The van der Waals surface area contributed by atoms with Gasteiger partial charge in [-0.25, -0.2) is 4.39 Å². The van der Waals surface area contributed by atoms with E-state index in [-0.39, 0.29) is 17.5 Å². The van der Waals surface area contributed by atoms with Crippen molar-refractivity contribution in [3.05, 3.63) is 53.3 Å². The summed E-state index contributed by atoms with van der Waals surface area (Å²) in [5.74, 6) is -0.329. The molecular formula is C16H17FN2OS. The molecular weight excluding hydrogens is 287 g/mol. The number of nitrogens with two attached hydrogens (primary N) is 1. The number of halogens is 1. The summed E-state index contributed by atoms with van der Waals surface area (Å²) < 4.78 is 13.2. The van der Waals surface area contributed by atoms with Gasteiger partial charge in [0.2, 0.25) is 5.91 Å². The van der Waals surface area contributed by atoms with Gasteiger partial charge in [-0.1, -0.05) is 12.1 Å². The van der Waals surface area contributed by atoms with Crippen molar-refractivity contribution in [1.82, 2.24) is 0 Å². The fourth-order valence-corrected chi connectivity index (χ4v) is 2.69. The molecule has 0 aliphatic carbocycles. The Morgan fingerprint density at radius 3 is 2.76 bits per heavy atom. The van der Waals surface area contributed by atoms with Gasteiger partial charge in [0.05, 0.1) is 5.75 Å². The van der Waals surface area contributed by atoms with E-state index in [1.54, 1.807) is 6.07 Å². The highest BCUT2D eigenvalue weighted by Gasteiger charge is 2.08. The van der Waals surface area contributed by atoms with E-state index in [1.807, 2.05) is 32.0 Å². The first-order chi connectivity index (χ1) is 9.95. The monoisotopic (exact) mass is 304 g/mol. The lowest BCUT2D eigenvalue weighted by Crippen LogP contribution is -2.15. The molecule has 0 saturated carbocycles. The maximum atomic E-state index is 13.2. The second kappa shape index (κ2) is 6.63. The van der Waals surface area contributed by atoms with Crippen molar-refractivity contribution in [2.75, 3.05) is 16.8 Å². The lowest BCUT2D eigenvalue weighted by Gasteiger charge is -2.09. The SMILES string of the molecule is Cc1ccc(N)c(SCC(=O)Nc2cc(F)ccc2C)c1.